The summed E-state index contributed by atoms with van der Waals surface area (Å²) in [5.74, 6) is -0.406. The van der Waals surface area contributed by atoms with Crippen LogP contribution in [0, 0.1) is 5.92 Å². The molecule has 1 atom stereocenters. The summed E-state index contributed by atoms with van der Waals surface area (Å²) < 4.78 is 36.0. The molecule has 12 nitrogen and oxygen atoms in total. The van der Waals surface area contributed by atoms with E-state index >= 15 is 0 Å². The van der Waals surface area contributed by atoms with Crippen LogP contribution in [-0.2, 0) is 32.8 Å². The highest BCUT2D eigenvalue weighted by molar-refractivity contribution is 7.87. The number of hydrogen-bond donors (Lipinski definition) is 2. The van der Waals surface area contributed by atoms with E-state index in [-0.39, 0.29) is 17.4 Å². The molecule has 7 rings (SSSR count). The molecule has 0 bridgehead atoms. The summed E-state index contributed by atoms with van der Waals surface area (Å²) in [6, 6.07) is 11.4. The number of piperazine rings is 1. The highest BCUT2D eigenvalue weighted by Gasteiger charge is 2.50. The number of methoxy groups -OCH3 is 1. The van der Waals surface area contributed by atoms with E-state index in [0.717, 1.165) is 57.7 Å². The molecule has 1 unspecified atom stereocenters. The van der Waals surface area contributed by atoms with Crippen molar-refractivity contribution < 1.29 is 32.6 Å². The third kappa shape index (κ3) is 6.21. The van der Waals surface area contributed by atoms with Gasteiger partial charge in [0.1, 0.15) is 11.4 Å². The monoisotopic (exact) mass is 691 g/mol. The van der Waals surface area contributed by atoms with Crippen LogP contribution < -0.4 is 9.46 Å². The van der Waals surface area contributed by atoms with Crippen LogP contribution in [-0.4, -0.2) is 103 Å². The molecular weight excluding hydrogens is 646 g/mol. The topological polar surface area (TPSA) is 141 Å². The van der Waals surface area contributed by atoms with Crippen molar-refractivity contribution in [2.24, 2.45) is 5.92 Å². The third-order valence-corrected chi connectivity index (χ3v) is 12.3. The Bertz CT molecular complexity index is 1920. The van der Waals surface area contributed by atoms with Crippen molar-refractivity contribution in [2.75, 3.05) is 47.4 Å². The number of carbonyl (C=O) groups is 3. The molecule has 4 aliphatic rings. The molecule has 0 spiro atoms. The molecule has 262 valence electrons. The van der Waals surface area contributed by atoms with Gasteiger partial charge in [0.2, 0.25) is 5.91 Å². The van der Waals surface area contributed by atoms with Crippen LogP contribution in [0.3, 0.4) is 0 Å². The molecule has 2 aliphatic carbocycles. The number of nitrogens with one attached hydrogen (secondary N) is 1. The zero-order valence-electron chi connectivity index (χ0n) is 28.4. The van der Waals surface area contributed by atoms with Crippen molar-refractivity contribution in [1.82, 2.24) is 23.4 Å². The summed E-state index contributed by atoms with van der Waals surface area (Å²) in [7, 11) is 0.353. The molecule has 2 aromatic carbocycles. The second-order valence-electron chi connectivity index (χ2n) is 14.2. The van der Waals surface area contributed by atoms with Crippen molar-refractivity contribution in [1.29, 1.82) is 0 Å². The van der Waals surface area contributed by atoms with Gasteiger partial charge < -0.3 is 24.2 Å². The average Bonchev–Trinajstić information content (AvgIpc) is 3.82. The zero-order valence-corrected chi connectivity index (χ0v) is 29.2. The number of carbonyl (C=O) groups excluding carboxylic acids is 3. The Morgan fingerprint density at radius 1 is 0.959 bits per heavy atom. The Morgan fingerprint density at radius 2 is 1.65 bits per heavy atom. The normalized spacial score (nSPS) is 20.8. The van der Waals surface area contributed by atoms with Gasteiger partial charge in [-0.2, -0.15) is 12.7 Å². The van der Waals surface area contributed by atoms with Crippen LogP contribution in [0.25, 0.3) is 22.2 Å². The van der Waals surface area contributed by atoms with Gasteiger partial charge in [-0.1, -0.05) is 25.3 Å². The zero-order chi connectivity index (χ0) is 34.7. The van der Waals surface area contributed by atoms with Crippen molar-refractivity contribution in [3.8, 4) is 17.0 Å². The number of rotatable bonds is 7. The first-order valence-electron chi connectivity index (χ1n) is 17.3. The lowest BCUT2D eigenvalue weighted by Crippen LogP contribution is -2.54. The standard InChI is InChI=1S/C36H45N5O7S/c1-38(2)49(46,47)37-33(42)24-9-11-29-30(21-24)41-22-26(34(43)39-15-17-40(18-16-39)35(44)36(45)13-14-36)19-25-20-27(48-3)10-12-28(25)32(41)31(29)23-7-5-4-6-8-23/h9-12,20-21,23,26,45H,4-8,13-19,22H2,1-3H3,(H,37,42). The number of aromatic nitrogens is 1. The van der Waals surface area contributed by atoms with Gasteiger partial charge in [-0.15, -0.1) is 0 Å². The Labute approximate surface area is 287 Å². The average molecular weight is 692 g/mol. The lowest BCUT2D eigenvalue weighted by Gasteiger charge is -2.37. The van der Waals surface area contributed by atoms with Gasteiger partial charge in [0.25, 0.3) is 11.8 Å². The van der Waals surface area contributed by atoms with Crippen LogP contribution in [0.4, 0.5) is 0 Å². The summed E-state index contributed by atoms with van der Waals surface area (Å²) in [6.07, 6.45) is 6.99. The number of ether oxygens (including phenoxy) is 1. The first-order valence-corrected chi connectivity index (χ1v) is 18.7. The highest BCUT2D eigenvalue weighted by atomic mass is 32.2. The maximum Gasteiger partial charge on any atom is 0.303 e. The molecule has 49 heavy (non-hydrogen) atoms. The number of benzene rings is 2. The fourth-order valence-corrected chi connectivity index (χ4v) is 8.43. The number of hydrogen-bond acceptors (Lipinski definition) is 7. The van der Waals surface area contributed by atoms with Gasteiger partial charge in [-0.3, -0.25) is 14.4 Å². The van der Waals surface area contributed by atoms with Gasteiger partial charge in [-0.25, -0.2) is 4.72 Å². The van der Waals surface area contributed by atoms with Gasteiger partial charge in [0, 0.05) is 68.8 Å². The molecule has 2 N–H and O–H groups in total. The third-order valence-electron chi connectivity index (χ3n) is 10.9. The lowest BCUT2D eigenvalue weighted by atomic mass is 9.81. The summed E-state index contributed by atoms with van der Waals surface area (Å²) in [5, 5.41) is 11.4. The number of fused-ring (bicyclic) bond motifs is 5. The Morgan fingerprint density at radius 3 is 2.31 bits per heavy atom. The molecule has 1 saturated heterocycles. The second kappa shape index (κ2) is 12.7. The van der Waals surface area contributed by atoms with E-state index in [9.17, 15) is 27.9 Å². The SMILES string of the molecule is COc1ccc2c(c1)CC(C(=O)N1CCN(C(=O)C3(O)CC3)CC1)Cn1c-2c(C2CCCCC2)c2ccc(C(=O)NS(=O)(=O)N(C)C)cc21. The van der Waals surface area contributed by atoms with Crippen LogP contribution in [0.1, 0.15) is 72.3 Å². The molecule has 3 fully saturated rings. The highest BCUT2D eigenvalue weighted by Crippen LogP contribution is 2.47. The molecule has 2 aliphatic heterocycles. The van der Waals surface area contributed by atoms with Crippen LogP contribution >= 0.6 is 0 Å². The number of aliphatic hydroxyl groups is 1. The summed E-state index contributed by atoms with van der Waals surface area (Å²) in [4.78, 5) is 44.0. The van der Waals surface area contributed by atoms with E-state index in [4.69, 9.17) is 4.74 Å². The molecule has 3 aromatic rings. The molecule has 3 heterocycles. The quantitative estimate of drug-likeness (QED) is 0.388. The number of nitrogens with zero attached hydrogens (tertiary/aromatic N) is 4. The Hall–Kier alpha value is -3.94. The minimum atomic E-state index is -4.00. The van der Waals surface area contributed by atoms with E-state index in [2.05, 4.69) is 15.4 Å². The summed E-state index contributed by atoms with van der Waals surface area (Å²) in [6.45, 7) is 1.90. The van der Waals surface area contributed by atoms with Crippen LogP contribution in [0.5, 0.6) is 5.75 Å². The lowest BCUT2D eigenvalue weighted by molar-refractivity contribution is -0.148. The van der Waals surface area contributed by atoms with E-state index < -0.39 is 27.6 Å². The van der Waals surface area contributed by atoms with Crippen molar-refractivity contribution >= 4 is 38.8 Å². The first-order chi connectivity index (χ1) is 23.4. The van der Waals surface area contributed by atoms with E-state index in [1.54, 1.807) is 24.1 Å². The molecule has 13 heteroatoms. The minimum Gasteiger partial charge on any atom is -0.497 e. The van der Waals surface area contributed by atoms with Gasteiger partial charge in [0.05, 0.1) is 18.7 Å². The summed E-state index contributed by atoms with van der Waals surface area (Å²) >= 11 is 0. The van der Waals surface area contributed by atoms with Gasteiger partial charge in [0.15, 0.2) is 0 Å². The smallest absolute Gasteiger partial charge is 0.303 e. The molecule has 0 radical (unpaired) electrons. The first kappa shape index (κ1) is 33.6. The maximum absolute atomic E-state index is 14.4. The molecule has 3 amide bonds. The predicted molar refractivity (Wildman–Crippen MR) is 184 cm³/mol. The Kier molecular flexibility index (Phi) is 8.73. The van der Waals surface area contributed by atoms with Gasteiger partial charge in [-0.05, 0) is 79.5 Å². The second-order valence-corrected chi connectivity index (χ2v) is 16.1. The predicted octanol–water partition coefficient (Wildman–Crippen LogP) is 3.27. The molecular formula is C36H45N5O7S. The van der Waals surface area contributed by atoms with Gasteiger partial charge >= 0.3 is 10.2 Å². The van der Waals surface area contributed by atoms with Crippen LogP contribution in [0.15, 0.2) is 36.4 Å². The minimum absolute atomic E-state index is 0.00843. The molecule has 1 aromatic heterocycles. The largest absolute Gasteiger partial charge is 0.497 e. The van der Waals surface area contributed by atoms with E-state index in [0.29, 0.717) is 63.7 Å². The van der Waals surface area contributed by atoms with Crippen LogP contribution in [0.2, 0.25) is 0 Å². The summed E-state index contributed by atoms with van der Waals surface area (Å²) in [5.41, 5.74) is 4.07. The maximum atomic E-state index is 14.4. The van der Waals surface area contributed by atoms with Crippen molar-refractivity contribution in [3.05, 3.63) is 53.1 Å². The molecule has 2 saturated carbocycles. The van der Waals surface area contributed by atoms with Crippen molar-refractivity contribution in [2.45, 2.75) is 69.4 Å². The fourth-order valence-electron chi connectivity index (χ4n) is 7.90. The van der Waals surface area contributed by atoms with E-state index in [1.165, 1.54) is 26.1 Å². The number of amides is 3. The fraction of sp³-hybridized carbons (Fsp3) is 0.528. The van der Waals surface area contributed by atoms with E-state index in [1.807, 2.05) is 23.1 Å². The van der Waals surface area contributed by atoms with Crippen molar-refractivity contribution in [3.63, 3.8) is 0 Å². The Balaban J connectivity index is 1.31.